The molecule has 0 aromatic carbocycles. The van der Waals surface area contributed by atoms with Gasteiger partial charge >= 0.3 is 0 Å². The number of aliphatic hydroxyl groups is 1. The van der Waals surface area contributed by atoms with E-state index in [2.05, 4.69) is 20.8 Å². The van der Waals surface area contributed by atoms with Crippen LogP contribution in [-0.2, 0) is 0 Å². The van der Waals surface area contributed by atoms with Crippen LogP contribution in [0.25, 0.3) is 0 Å². The van der Waals surface area contributed by atoms with Gasteiger partial charge in [0.2, 0.25) is 0 Å². The minimum absolute atomic E-state index is 0.0387. The zero-order valence-corrected chi connectivity index (χ0v) is 10.2. The zero-order valence-electron chi connectivity index (χ0n) is 10.2. The molecule has 0 aliphatic heterocycles. The molecule has 1 spiro atoms. The highest BCUT2D eigenvalue weighted by atomic mass is 16.3. The molecule has 3 saturated carbocycles. The first-order chi connectivity index (χ1) is 7.09. The lowest BCUT2D eigenvalue weighted by atomic mass is 9.70. The monoisotopic (exact) mass is 208 g/mol. The van der Waals surface area contributed by atoms with Gasteiger partial charge in [0.15, 0.2) is 0 Å². The minimum Gasteiger partial charge on any atom is -0.393 e. The Balaban J connectivity index is 1.88. The van der Waals surface area contributed by atoms with E-state index in [0.29, 0.717) is 11.3 Å². The van der Waals surface area contributed by atoms with Gasteiger partial charge in [-0.15, -0.1) is 0 Å². The first-order valence-corrected chi connectivity index (χ1v) is 6.77. The Morgan fingerprint density at radius 1 is 1.13 bits per heavy atom. The van der Waals surface area contributed by atoms with Gasteiger partial charge in [-0.2, -0.15) is 0 Å². The molecule has 0 unspecified atom stereocenters. The van der Waals surface area contributed by atoms with Crippen molar-refractivity contribution >= 4 is 0 Å². The standard InChI is InChI=1S/C14H24O/c1-8(2)10-5-4-9(3)14-7-6-11(15)13(14)12(10)14/h8-13,15H,4-7H2,1-3H3/t9-,10-,11-,12-,13-,14-/m1/s1. The summed E-state index contributed by atoms with van der Waals surface area (Å²) in [6.45, 7) is 7.17. The quantitative estimate of drug-likeness (QED) is 0.702. The largest absolute Gasteiger partial charge is 0.393 e. The maximum Gasteiger partial charge on any atom is 0.0577 e. The summed E-state index contributed by atoms with van der Waals surface area (Å²) in [4.78, 5) is 0. The highest BCUT2D eigenvalue weighted by Gasteiger charge is 2.74. The third-order valence-corrected chi connectivity index (χ3v) is 5.97. The van der Waals surface area contributed by atoms with Crippen molar-refractivity contribution in [2.75, 3.05) is 0 Å². The van der Waals surface area contributed by atoms with Crippen molar-refractivity contribution in [2.45, 2.75) is 52.6 Å². The van der Waals surface area contributed by atoms with Crippen molar-refractivity contribution in [3.63, 3.8) is 0 Å². The Morgan fingerprint density at radius 2 is 1.87 bits per heavy atom. The van der Waals surface area contributed by atoms with Crippen LogP contribution in [0.15, 0.2) is 0 Å². The molecule has 0 heterocycles. The van der Waals surface area contributed by atoms with E-state index in [1.54, 1.807) is 0 Å². The number of hydrogen-bond acceptors (Lipinski definition) is 1. The van der Waals surface area contributed by atoms with Crippen LogP contribution in [-0.4, -0.2) is 11.2 Å². The molecule has 3 fully saturated rings. The Morgan fingerprint density at radius 3 is 2.53 bits per heavy atom. The fraction of sp³-hybridized carbons (Fsp3) is 1.00. The number of fused-ring (bicyclic) bond motifs is 1. The zero-order chi connectivity index (χ0) is 10.8. The second-order valence-electron chi connectivity index (χ2n) is 6.66. The van der Waals surface area contributed by atoms with Crippen LogP contribution >= 0.6 is 0 Å². The maximum absolute atomic E-state index is 10.1. The van der Waals surface area contributed by atoms with Crippen LogP contribution in [0, 0.1) is 35.0 Å². The molecule has 3 rings (SSSR count). The molecule has 0 aromatic heterocycles. The summed E-state index contributed by atoms with van der Waals surface area (Å²) in [5, 5.41) is 10.1. The van der Waals surface area contributed by atoms with Gasteiger partial charge in [0, 0.05) is 0 Å². The van der Waals surface area contributed by atoms with Gasteiger partial charge in [0.25, 0.3) is 0 Å². The van der Waals surface area contributed by atoms with Crippen LogP contribution < -0.4 is 0 Å². The second kappa shape index (κ2) is 3.00. The van der Waals surface area contributed by atoms with Gasteiger partial charge in [-0.25, -0.2) is 0 Å². The van der Waals surface area contributed by atoms with E-state index in [1.807, 2.05) is 0 Å². The Hall–Kier alpha value is -0.0400. The van der Waals surface area contributed by atoms with E-state index in [0.717, 1.165) is 30.1 Å². The van der Waals surface area contributed by atoms with Crippen LogP contribution in [0.2, 0.25) is 0 Å². The molecule has 0 saturated heterocycles. The van der Waals surface area contributed by atoms with E-state index in [-0.39, 0.29) is 6.10 Å². The van der Waals surface area contributed by atoms with Crippen LogP contribution in [0.1, 0.15) is 46.5 Å². The summed E-state index contributed by atoms with van der Waals surface area (Å²) in [6.07, 6.45) is 5.25. The summed E-state index contributed by atoms with van der Waals surface area (Å²) < 4.78 is 0. The van der Waals surface area contributed by atoms with Crippen molar-refractivity contribution in [1.29, 1.82) is 0 Å². The highest BCUT2D eigenvalue weighted by molar-refractivity contribution is 5.22. The normalized spacial score (nSPS) is 57.8. The Bertz CT molecular complexity index is 273. The van der Waals surface area contributed by atoms with Crippen molar-refractivity contribution in [3.8, 4) is 0 Å². The van der Waals surface area contributed by atoms with Gasteiger partial charge in [0.1, 0.15) is 0 Å². The molecule has 0 radical (unpaired) electrons. The fourth-order valence-electron chi connectivity index (χ4n) is 5.24. The first kappa shape index (κ1) is 10.1. The summed E-state index contributed by atoms with van der Waals surface area (Å²) in [7, 11) is 0. The van der Waals surface area contributed by atoms with E-state index < -0.39 is 0 Å². The van der Waals surface area contributed by atoms with E-state index >= 15 is 0 Å². The maximum atomic E-state index is 10.1. The number of rotatable bonds is 1. The highest BCUT2D eigenvalue weighted by Crippen LogP contribution is 2.77. The molecule has 86 valence electrons. The third-order valence-electron chi connectivity index (χ3n) is 5.97. The molecular formula is C14H24O. The number of hydrogen-bond donors (Lipinski definition) is 1. The van der Waals surface area contributed by atoms with E-state index in [4.69, 9.17) is 0 Å². The van der Waals surface area contributed by atoms with Crippen molar-refractivity contribution in [1.82, 2.24) is 0 Å². The molecule has 1 nitrogen and oxygen atoms in total. The lowest BCUT2D eigenvalue weighted by Crippen LogP contribution is -2.28. The smallest absolute Gasteiger partial charge is 0.0577 e. The Kier molecular flexibility index (Phi) is 2.03. The molecule has 0 aromatic rings. The van der Waals surface area contributed by atoms with E-state index in [1.165, 1.54) is 19.3 Å². The molecular weight excluding hydrogens is 184 g/mol. The topological polar surface area (TPSA) is 20.2 Å². The predicted molar refractivity (Wildman–Crippen MR) is 61.4 cm³/mol. The average Bonchev–Trinajstić information content (AvgIpc) is 2.75. The lowest BCUT2D eigenvalue weighted by molar-refractivity contribution is 0.117. The van der Waals surface area contributed by atoms with Crippen molar-refractivity contribution in [3.05, 3.63) is 0 Å². The van der Waals surface area contributed by atoms with Crippen LogP contribution in [0.4, 0.5) is 0 Å². The minimum atomic E-state index is 0.0387. The van der Waals surface area contributed by atoms with Gasteiger partial charge in [-0.05, 0) is 60.7 Å². The molecule has 1 N–H and O–H groups in total. The van der Waals surface area contributed by atoms with Gasteiger partial charge in [-0.3, -0.25) is 0 Å². The molecule has 3 aliphatic carbocycles. The van der Waals surface area contributed by atoms with E-state index in [9.17, 15) is 5.11 Å². The van der Waals surface area contributed by atoms with Gasteiger partial charge in [0.05, 0.1) is 6.10 Å². The van der Waals surface area contributed by atoms with Crippen LogP contribution in [0.5, 0.6) is 0 Å². The predicted octanol–water partition coefficient (Wildman–Crippen LogP) is 3.08. The number of aliphatic hydroxyl groups excluding tert-OH is 1. The second-order valence-corrected chi connectivity index (χ2v) is 6.66. The van der Waals surface area contributed by atoms with Crippen molar-refractivity contribution in [2.24, 2.45) is 35.0 Å². The van der Waals surface area contributed by atoms with Gasteiger partial charge < -0.3 is 5.11 Å². The third kappa shape index (κ3) is 1.08. The molecule has 15 heavy (non-hydrogen) atoms. The lowest BCUT2D eigenvalue weighted by Gasteiger charge is -2.35. The molecule has 6 atom stereocenters. The molecule has 0 amide bonds. The average molecular weight is 208 g/mol. The Labute approximate surface area is 93.3 Å². The first-order valence-electron chi connectivity index (χ1n) is 6.77. The fourth-order valence-corrected chi connectivity index (χ4v) is 5.24. The summed E-state index contributed by atoms with van der Waals surface area (Å²) in [6, 6.07) is 0. The summed E-state index contributed by atoms with van der Waals surface area (Å²) in [5.41, 5.74) is 0.590. The van der Waals surface area contributed by atoms with Gasteiger partial charge in [-0.1, -0.05) is 20.8 Å². The summed E-state index contributed by atoms with van der Waals surface area (Å²) in [5.74, 6) is 4.16. The summed E-state index contributed by atoms with van der Waals surface area (Å²) >= 11 is 0. The van der Waals surface area contributed by atoms with Crippen molar-refractivity contribution < 1.29 is 5.11 Å². The SMILES string of the molecule is CC(C)[C@H]1CC[C@@H](C)[C@@]23CC[C@@H](O)[C@@H]2[C@@H]13. The molecule has 3 aliphatic rings. The molecule has 0 bridgehead atoms. The van der Waals surface area contributed by atoms with Crippen LogP contribution in [0.3, 0.4) is 0 Å². The molecule has 1 heteroatoms.